The van der Waals surface area contributed by atoms with Crippen LogP contribution >= 0.6 is 15.9 Å². The Balaban J connectivity index is 2.17. The van der Waals surface area contributed by atoms with E-state index in [-0.39, 0.29) is 5.91 Å². The Morgan fingerprint density at radius 1 is 1.37 bits per heavy atom. The van der Waals surface area contributed by atoms with Crippen LogP contribution in [-0.4, -0.2) is 43.1 Å². The molecular weight excluding hydrogens is 308 g/mol. The molecule has 104 valence electrons. The average Bonchev–Trinajstić information content (AvgIpc) is 2.36. The van der Waals surface area contributed by atoms with E-state index in [4.69, 9.17) is 4.74 Å². The topological polar surface area (TPSA) is 41.6 Å². The van der Waals surface area contributed by atoms with Crippen LogP contribution in [-0.2, 0) is 0 Å². The standard InChI is InChI=1S/C14H19BrN2O2/c1-9-7-17(8-10(2)16-9)14(18)11-4-5-13(19-3)12(15)6-11/h4-6,9-10,16H,7-8H2,1-3H3. The van der Waals surface area contributed by atoms with Crippen LogP contribution in [0.1, 0.15) is 24.2 Å². The van der Waals surface area contributed by atoms with E-state index in [2.05, 4.69) is 35.1 Å². The summed E-state index contributed by atoms with van der Waals surface area (Å²) in [5.41, 5.74) is 0.689. The first-order valence-corrected chi connectivity index (χ1v) is 7.19. The quantitative estimate of drug-likeness (QED) is 0.906. The number of carbonyl (C=O) groups is 1. The van der Waals surface area contributed by atoms with Gasteiger partial charge in [-0.15, -0.1) is 0 Å². The second-order valence-electron chi connectivity index (χ2n) is 5.03. The van der Waals surface area contributed by atoms with Crippen molar-refractivity contribution in [2.75, 3.05) is 20.2 Å². The van der Waals surface area contributed by atoms with Crippen LogP contribution in [0.15, 0.2) is 22.7 Å². The number of benzene rings is 1. The summed E-state index contributed by atoms with van der Waals surface area (Å²) < 4.78 is 5.98. The minimum Gasteiger partial charge on any atom is -0.496 e. The van der Waals surface area contributed by atoms with Gasteiger partial charge in [-0.3, -0.25) is 4.79 Å². The van der Waals surface area contributed by atoms with Crippen molar-refractivity contribution in [3.8, 4) is 5.75 Å². The summed E-state index contributed by atoms with van der Waals surface area (Å²) in [5, 5.41) is 3.42. The fraction of sp³-hybridized carbons (Fsp3) is 0.500. The number of methoxy groups -OCH3 is 1. The molecule has 1 aromatic carbocycles. The summed E-state index contributed by atoms with van der Waals surface area (Å²) in [4.78, 5) is 14.4. The molecular formula is C14H19BrN2O2. The van der Waals surface area contributed by atoms with Gasteiger partial charge in [0.05, 0.1) is 11.6 Å². The van der Waals surface area contributed by atoms with Gasteiger partial charge in [0.25, 0.3) is 5.91 Å². The molecule has 1 fully saturated rings. The second kappa shape index (κ2) is 5.92. The maximum Gasteiger partial charge on any atom is 0.254 e. The maximum atomic E-state index is 12.5. The second-order valence-corrected chi connectivity index (χ2v) is 5.88. The molecule has 0 aliphatic carbocycles. The molecule has 1 aliphatic rings. The molecule has 1 saturated heterocycles. The smallest absolute Gasteiger partial charge is 0.254 e. The highest BCUT2D eigenvalue weighted by Crippen LogP contribution is 2.26. The van der Waals surface area contributed by atoms with E-state index < -0.39 is 0 Å². The lowest BCUT2D eigenvalue weighted by molar-refractivity contribution is 0.0673. The summed E-state index contributed by atoms with van der Waals surface area (Å²) in [6, 6.07) is 6.09. The molecule has 0 bridgehead atoms. The van der Waals surface area contributed by atoms with E-state index >= 15 is 0 Å². The highest BCUT2D eigenvalue weighted by Gasteiger charge is 2.25. The summed E-state index contributed by atoms with van der Waals surface area (Å²) in [5.74, 6) is 0.808. The van der Waals surface area contributed by atoms with Gasteiger partial charge >= 0.3 is 0 Å². The number of carbonyl (C=O) groups excluding carboxylic acids is 1. The predicted octanol–water partition coefficient (Wildman–Crippen LogP) is 2.28. The van der Waals surface area contributed by atoms with Crippen molar-refractivity contribution in [3.63, 3.8) is 0 Å². The van der Waals surface area contributed by atoms with Gasteiger partial charge in [0, 0.05) is 30.7 Å². The zero-order chi connectivity index (χ0) is 14.0. The third kappa shape index (κ3) is 3.28. The van der Waals surface area contributed by atoms with Gasteiger partial charge in [-0.25, -0.2) is 0 Å². The summed E-state index contributed by atoms with van der Waals surface area (Å²) in [7, 11) is 1.61. The van der Waals surface area contributed by atoms with Crippen molar-refractivity contribution >= 4 is 21.8 Å². The van der Waals surface area contributed by atoms with Crippen LogP contribution in [0.2, 0.25) is 0 Å². The predicted molar refractivity (Wildman–Crippen MR) is 78.7 cm³/mol. The van der Waals surface area contributed by atoms with Gasteiger partial charge in [-0.2, -0.15) is 0 Å². The van der Waals surface area contributed by atoms with Crippen molar-refractivity contribution in [2.24, 2.45) is 0 Å². The van der Waals surface area contributed by atoms with Crippen LogP contribution in [0, 0.1) is 0 Å². The number of nitrogens with one attached hydrogen (secondary N) is 1. The molecule has 2 rings (SSSR count). The SMILES string of the molecule is COc1ccc(C(=O)N2CC(C)NC(C)C2)cc1Br. The molecule has 0 saturated carbocycles. The number of halogens is 1. The monoisotopic (exact) mass is 326 g/mol. The van der Waals surface area contributed by atoms with Crippen LogP contribution in [0.25, 0.3) is 0 Å². The number of piperazine rings is 1. The molecule has 1 aromatic rings. The zero-order valence-corrected chi connectivity index (χ0v) is 13.0. The van der Waals surface area contributed by atoms with Crippen LogP contribution < -0.4 is 10.1 Å². The summed E-state index contributed by atoms with van der Waals surface area (Å²) in [6.07, 6.45) is 0. The molecule has 0 aromatic heterocycles. The normalized spacial score (nSPS) is 23.3. The highest BCUT2D eigenvalue weighted by molar-refractivity contribution is 9.10. The van der Waals surface area contributed by atoms with E-state index in [9.17, 15) is 4.79 Å². The molecule has 0 radical (unpaired) electrons. The van der Waals surface area contributed by atoms with Crippen LogP contribution in [0.3, 0.4) is 0 Å². The number of amides is 1. The molecule has 1 N–H and O–H groups in total. The van der Waals surface area contributed by atoms with E-state index in [1.165, 1.54) is 0 Å². The Bertz CT molecular complexity index is 469. The molecule has 2 unspecified atom stereocenters. The van der Waals surface area contributed by atoms with E-state index in [0.717, 1.165) is 23.3 Å². The van der Waals surface area contributed by atoms with Crippen molar-refractivity contribution in [2.45, 2.75) is 25.9 Å². The van der Waals surface area contributed by atoms with Gasteiger partial charge in [0.1, 0.15) is 5.75 Å². The van der Waals surface area contributed by atoms with Crippen LogP contribution in [0.5, 0.6) is 5.75 Å². The third-order valence-electron chi connectivity index (χ3n) is 3.24. The number of hydrogen-bond donors (Lipinski definition) is 1. The first kappa shape index (κ1) is 14.3. The van der Waals surface area contributed by atoms with Gasteiger partial charge in [-0.05, 0) is 48.0 Å². The average molecular weight is 327 g/mol. The van der Waals surface area contributed by atoms with Crippen molar-refractivity contribution < 1.29 is 9.53 Å². The minimum atomic E-state index is 0.0727. The van der Waals surface area contributed by atoms with E-state index in [1.54, 1.807) is 7.11 Å². The summed E-state index contributed by atoms with van der Waals surface area (Å²) in [6.45, 7) is 5.68. The molecule has 19 heavy (non-hydrogen) atoms. The van der Waals surface area contributed by atoms with E-state index in [0.29, 0.717) is 17.6 Å². The lowest BCUT2D eigenvalue weighted by Crippen LogP contribution is -2.55. The lowest BCUT2D eigenvalue weighted by Gasteiger charge is -2.36. The molecule has 1 amide bonds. The van der Waals surface area contributed by atoms with Gasteiger partial charge in [-0.1, -0.05) is 0 Å². The zero-order valence-electron chi connectivity index (χ0n) is 11.4. The van der Waals surface area contributed by atoms with Crippen molar-refractivity contribution in [1.29, 1.82) is 0 Å². The number of ether oxygens (including phenoxy) is 1. The van der Waals surface area contributed by atoms with Crippen molar-refractivity contribution in [3.05, 3.63) is 28.2 Å². The largest absolute Gasteiger partial charge is 0.496 e. The number of rotatable bonds is 2. The van der Waals surface area contributed by atoms with Gasteiger partial charge < -0.3 is 15.0 Å². The Morgan fingerprint density at radius 3 is 2.53 bits per heavy atom. The molecule has 5 heteroatoms. The van der Waals surface area contributed by atoms with Crippen molar-refractivity contribution in [1.82, 2.24) is 10.2 Å². The maximum absolute atomic E-state index is 12.5. The Hall–Kier alpha value is -1.07. The molecule has 2 atom stereocenters. The minimum absolute atomic E-state index is 0.0727. The third-order valence-corrected chi connectivity index (χ3v) is 3.86. The summed E-state index contributed by atoms with van der Waals surface area (Å²) >= 11 is 3.42. The molecule has 4 nitrogen and oxygen atoms in total. The Kier molecular flexibility index (Phi) is 4.47. The first-order chi connectivity index (χ1) is 9.01. The van der Waals surface area contributed by atoms with Gasteiger partial charge in [0.2, 0.25) is 0 Å². The number of hydrogen-bond acceptors (Lipinski definition) is 3. The fourth-order valence-electron chi connectivity index (χ4n) is 2.47. The Labute approximate surface area is 122 Å². The molecule has 0 spiro atoms. The fourth-order valence-corrected chi connectivity index (χ4v) is 3.02. The van der Waals surface area contributed by atoms with Gasteiger partial charge in [0.15, 0.2) is 0 Å². The highest BCUT2D eigenvalue weighted by atomic mass is 79.9. The first-order valence-electron chi connectivity index (χ1n) is 6.40. The van der Waals surface area contributed by atoms with Crippen LogP contribution in [0.4, 0.5) is 0 Å². The van der Waals surface area contributed by atoms with E-state index in [1.807, 2.05) is 23.1 Å². The lowest BCUT2D eigenvalue weighted by atomic mass is 10.1. The molecule has 1 heterocycles. The number of nitrogens with zero attached hydrogens (tertiary/aromatic N) is 1. The Morgan fingerprint density at radius 2 is 2.00 bits per heavy atom. The molecule has 1 aliphatic heterocycles.